The summed E-state index contributed by atoms with van der Waals surface area (Å²) in [6, 6.07) is 0.0978. The summed E-state index contributed by atoms with van der Waals surface area (Å²) in [6.45, 7) is 7.71. The average molecular weight is 197 g/mol. The molecule has 80 valence electrons. The van der Waals surface area contributed by atoms with Gasteiger partial charge in [0.05, 0.1) is 6.10 Å². The summed E-state index contributed by atoms with van der Waals surface area (Å²) in [5.41, 5.74) is 0.797. The second-order valence-electron chi connectivity index (χ2n) is 4.86. The first-order valence-corrected chi connectivity index (χ1v) is 4.97. The summed E-state index contributed by atoms with van der Waals surface area (Å²) in [5, 5.41) is 12.4. The molecule has 1 saturated carbocycles. The van der Waals surface area contributed by atoms with Crippen LogP contribution in [0.1, 0.15) is 34.1 Å². The summed E-state index contributed by atoms with van der Waals surface area (Å²) in [7, 11) is 0. The van der Waals surface area contributed by atoms with Crippen molar-refractivity contribution in [3.05, 3.63) is 11.6 Å². The molecule has 0 bridgehead atoms. The molecule has 0 saturated heterocycles. The molecule has 0 aromatic rings. The van der Waals surface area contributed by atoms with Crippen LogP contribution in [-0.2, 0) is 4.79 Å². The van der Waals surface area contributed by atoms with Crippen LogP contribution in [0.5, 0.6) is 0 Å². The molecule has 0 aliphatic heterocycles. The van der Waals surface area contributed by atoms with Gasteiger partial charge in [-0.05, 0) is 20.3 Å². The minimum Gasteiger partial charge on any atom is -0.392 e. The Morgan fingerprint density at radius 3 is 2.43 bits per heavy atom. The molecule has 2 N–H and O–H groups in total. The third-order valence-electron chi connectivity index (χ3n) is 2.95. The van der Waals surface area contributed by atoms with Gasteiger partial charge in [0.25, 0.3) is 0 Å². The normalized spacial score (nSPS) is 28.9. The fourth-order valence-electron chi connectivity index (χ4n) is 1.62. The monoisotopic (exact) mass is 197 g/mol. The maximum absolute atomic E-state index is 11.4. The van der Waals surface area contributed by atoms with Crippen LogP contribution in [0.15, 0.2) is 11.6 Å². The molecule has 14 heavy (non-hydrogen) atoms. The Bertz CT molecular complexity index is 264. The first-order chi connectivity index (χ1) is 6.34. The Hall–Kier alpha value is -0.830. The summed E-state index contributed by atoms with van der Waals surface area (Å²) in [6.07, 6.45) is 1.95. The average Bonchev–Trinajstić information content (AvgIpc) is 2.02. The maximum atomic E-state index is 11.4. The number of amides is 1. The number of hydrogen-bond donors (Lipinski definition) is 2. The van der Waals surface area contributed by atoms with Crippen molar-refractivity contribution in [3.8, 4) is 0 Å². The van der Waals surface area contributed by atoms with Crippen LogP contribution in [0, 0.1) is 5.41 Å². The van der Waals surface area contributed by atoms with Crippen molar-refractivity contribution < 1.29 is 9.90 Å². The molecule has 1 aliphatic carbocycles. The van der Waals surface area contributed by atoms with Gasteiger partial charge in [-0.25, -0.2) is 0 Å². The quantitative estimate of drug-likeness (QED) is 0.654. The molecule has 1 fully saturated rings. The smallest absolute Gasteiger partial charge is 0.244 e. The van der Waals surface area contributed by atoms with Crippen molar-refractivity contribution in [1.82, 2.24) is 5.32 Å². The molecule has 2 atom stereocenters. The number of nitrogens with one attached hydrogen (secondary N) is 1. The first-order valence-electron chi connectivity index (χ1n) is 4.97. The van der Waals surface area contributed by atoms with Gasteiger partial charge in [0.1, 0.15) is 0 Å². The van der Waals surface area contributed by atoms with Gasteiger partial charge in [0, 0.05) is 17.5 Å². The van der Waals surface area contributed by atoms with Gasteiger partial charge in [-0.3, -0.25) is 4.79 Å². The number of aliphatic hydroxyl groups excluding tert-OH is 1. The number of allylic oxidation sites excluding steroid dienone is 1. The van der Waals surface area contributed by atoms with Crippen LogP contribution < -0.4 is 5.32 Å². The minimum absolute atomic E-state index is 0.0602. The van der Waals surface area contributed by atoms with Crippen molar-refractivity contribution >= 4 is 5.91 Å². The van der Waals surface area contributed by atoms with E-state index in [1.807, 2.05) is 27.7 Å². The van der Waals surface area contributed by atoms with E-state index in [0.29, 0.717) is 6.42 Å². The van der Waals surface area contributed by atoms with Crippen LogP contribution in [0.2, 0.25) is 0 Å². The second-order valence-corrected chi connectivity index (χ2v) is 4.86. The largest absolute Gasteiger partial charge is 0.392 e. The number of rotatable bonds is 2. The highest BCUT2D eigenvalue weighted by atomic mass is 16.3. The van der Waals surface area contributed by atoms with Gasteiger partial charge in [-0.1, -0.05) is 19.4 Å². The van der Waals surface area contributed by atoms with Crippen LogP contribution in [-0.4, -0.2) is 23.2 Å². The Kier molecular flexibility index (Phi) is 3.00. The van der Waals surface area contributed by atoms with E-state index in [1.165, 1.54) is 0 Å². The molecule has 0 aromatic carbocycles. The highest BCUT2D eigenvalue weighted by Crippen LogP contribution is 2.40. The van der Waals surface area contributed by atoms with E-state index in [0.717, 1.165) is 5.57 Å². The van der Waals surface area contributed by atoms with Gasteiger partial charge >= 0.3 is 0 Å². The maximum Gasteiger partial charge on any atom is 0.244 e. The minimum atomic E-state index is -0.292. The Labute approximate surface area is 85.2 Å². The molecule has 3 heteroatoms. The molecule has 0 spiro atoms. The topological polar surface area (TPSA) is 49.3 Å². The van der Waals surface area contributed by atoms with Crippen molar-refractivity contribution in [1.29, 1.82) is 0 Å². The van der Waals surface area contributed by atoms with E-state index in [4.69, 9.17) is 0 Å². The predicted molar refractivity (Wildman–Crippen MR) is 55.8 cm³/mol. The molecule has 1 aliphatic rings. The van der Waals surface area contributed by atoms with Crippen molar-refractivity contribution in [3.63, 3.8) is 0 Å². The molecule has 2 unspecified atom stereocenters. The number of hydrogen-bond acceptors (Lipinski definition) is 2. The van der Waals surface area contributed by atoms with Gasteiger partial charge in [0.2, 0.25) is 5.91 Å². The molecular formula is C11H19NO2. The fraction of sp³-hybridized carbons (Fsp3) is 0.727. The number of carbonyl (C=O) groups is 1. The van der Waals surface area contributed by atoms with E-state index >= 15 is 0 Å². The molecule has 0 heterocycles. The number of carbonyl (C=O) groups excluding carboxylic acids is 1. The summed E-state index contributed by atoms with van der Waals surface area (Å²) < 4.78 is 0. The molecule has 0 aromatic heterocycles. The lowest BCUT2D eigenvalue weighted by molar-refractivity contribution is -0.124. The fourth-order valence-corrected chi connectivity index (χ4v) is 1.62. The zero-order valence-electron chi connectivity index (χ0n) is 9.29. The van der Waals surface area contributed by atoms with E-state index < -0.39 is 0 Å². The third-order valence-corrected chi connectivity index (χ3v) is 2.95. The standard InChI is InChI=1S/C11H19NO2/c1-7(2)5-10(14)12-8-6-9(13)11(8,3)4/h5,8-9,13H,6H2,1-4H3,(H,12,14). The molecular weight excluding hydrogens is 178 g/mol. The number of aliphatic hydroxyl groups is 1. The SMILES string of the molecule is CC(C)=CC(=O)NC1CC(O)C1(C)C. The lowest BCUT2D eigenvalue weighted by atomic mass is 9.64. The lowest BCUT2D eigenvalue weighted by Gasteiger charge is -2.49. The lowest BCUT2D eigenvalue weighted by Crippen LogP contribution is -2.61. The molecule has 0 radical (unpaired) electrons. The van der Waals surface area contributed by atoms with Crippen LogP contribution in [0.3, 0.4) is 0 Å². The van der Waals surface area contributed by atoms with Crippen molar-refractivity contribution in [2.24, 2.45) is 5.41 Å². The first kappa shape index (κ1) is 11.2. The second kappa shape index (κ2) is 3.73. The Morgan fingerprint density at radius 2 is 2.07 bits per heavy atom. The summed E-state index contributed by atoms with van der Waals surface area (Å²) in [5.74, 6) is -0.0602. The van der Waals surface area contributed by atoms with E-state index in [-0.39, 0.29) is 23.5 Å². The summed E-state index contributed by atoms with van der Waals surface area (Å²) >= 11 is 0. The van der Waals surface area contributed by atoms with E-state index in [2.05, 4.69) is 5.32 Å². The molecule has 3 nitrogen and oxygen atoms in total. The van der Waals surface area contributed by atoms with Crippen molar-refractivity contribution in [2.45, 2.75) is 46.3 Å². The third kappa shape index (κ3) is 2.15. The van der Waals surface area contributed by atoms with E-state index in [1.54, 1.807) is 6.08 Å². The van der Waals surface area contributed by atoms with Gasteiger partial charge in [-0.2, -0.15) is 0 Å². The zero-order chi connectivity index (χ0) is 10.9. The molecule has 1 rings (SSSR count). The Balaban J connectivity index is 2.48. The predicted octanol–water partition coefficient (Wildman–Crippen LogP) is 1.23. The highest BCUT2D eigenvalue weighted by molar-refractivity contribution is 5.88. The van der Waals surface area contributed by atoms with Crippen LogP contribution >= 0.6 is 0 Å². The van der Waals surface area contributed by atoms with Gasteiger partial charge < -0.3 is 10.4 Å². The molecule has 1 amide bonds. The van der Waals surface area contributed by atoms with Crippen molar-refractivity contribution in [2.75, 3.05) is 0 Å². The van der Waals surface area contributed by atoms with E-state index in [9.17, 15) is 9.90 Å². The van der Waals surface area contributed by atoms with Gasteiger partial charge in [-0.15, -0.1) is 0 Å². The van der Waals surface area contributed by atoms with Gasteiger partial charge in [0.15, 0.2) is 0 Å². The Morgan fingerprint density at radius 1 is 1.50 bits per heavy atom. The zero-order valence-corrected chi connectivity index (χ0v) is 9.29. The summed E-state index contributed by atoms with van der Waals surface area (Å²) in [4.78, 5) is 11.4. The van der Waals surface area contributed by atoms with Crippen LogP contribution in [0.25, 0.3) is 0 Å². The van der Waals surface area contributed by atoms with Crippen LogP contribution in [0.4, 0.5) is 0 Å². The highest BCUT2D eigenvalue weighted by Gasteiger charge is 2.47.